The van der Waals surface area contributed by atoms with E-state index in [4.69, 9.17) is 0 Å². The molecule has 0 radical (unpaired) electrons. The molecule has 0 aromatic rings. The maximum absolute atomic E-state index is 12.5. The molecule has 19 heavy (non-hydrogen) atoms. The number of amides is 2. The molecule has 1 N–H and O–H groups in total. The van der Waals surface area contributed by atoms with Crippen molar-refractivity contribution in [1.29, 1.82) is 0 Å². The Kier molecular flexibility index (Phi) is 2.97. The van der Waals surface area contributed by atoms with Gasteiger partial charge in [-0.15, -0.1) is 0 Å². The van der Waals surface area contributed by atoms with Crippen LogP contribution in [0.3, 0.4) is 0 Å². The lowest BCUT2D eigenvalue weighted by atomic mass is 9.89. The van der Waals surface area contributed by atoms with E-state index in [0.29, 0.717) is 6.42 Å². The van der Waals surface area contributed by atoms with Crippen LogP contribution in [0.4, 0.5) is 0 Å². The molecule has 0 aromatic carbocycles. The van der Waals surface area contributed by atoms with Crippen LogP contribution in [0.2, 0.25) is 0 Å². The Labute approximate surface area is 113 Å². The maximum Gasteiger partial charge on any atom is 0.248 e. The summed E-state index contributed by atoms with van der Waals surface area (Å²) in [6.07, 6.45) is 0.384. The predicted molar refractivity (Wildman–Crippen MR) is 70.2 cm³/mol. The fourth-order valence-corrected chi connectivity index (χ4v) is 5.08. The van der Waals surface area contributed by atoms with Crippen LogP contribution in [0.5, 0.6) is 0 Å². The van der Waals surface area contributed by atoms with Crippen LogP contribution in [-0.2, 0) is 19.4 Å². The fourth-order valence-electron chi connectivity index (χ4n) is 2.96. The van der Waals surface area contributed by atoms with Crippen molar-refractivity contribution in [2.45, 2.75) is 51.2 Å². The summed E-state index contributed by atoms with van der Waals surface area (Å²) in [5.74, 6) is -0.462. The van der Waals surface area contributed by atoms with Crippen molar-refractivity contribution in [2.24, 2.45) is 0 Å². The molecule has 0 bridgehead atoms. The zero-order valence-electron chi connectivity index (χ0n) is 11.7. The average Bonchev–Trinajstić information content (AvgIpc) is 2.51. The quantitative estimate of drug-likeness (QED) is 0.717. The summed E-state index contributed by atoms with van der Waals surface area (Å²) in [4.78, 5) is 26.0. The number of sulfone groups is 1. The SMILES string of the molecule is CC1C(=O)NC(C)(C)C(=O)N1C1(C)CCS(=O)(=O)C1. The van der Waals surface area contributed by atoms with Gasteiger partial charge in [-0.25, -0.2) is 8.42 Å². The molecule has 6 nitrogen and oxygen atoms in total. The monoisotopic (exact) mass is 288 g/mol. The van der Waals surface area contributed by atoms with Crippen LogP contribution < -0.4 is 5.32 Å². The molecule has 2 aliphatic heterocycles. The molecule has 2 heterocycles. The minimum Gasteiger partial charge on any atom is -0.340 e. The Bertz CT molecular complexity index is 540. The van der Waals surface area contributed by atoms with E-state index in [9.17, 15) is 18.0 Å². The molecule has 7 heteroatoms. The number of carbonyl (C=O) groups excluding carboxylic acids is 2. The highest BCUT2D eigenvalue weighted by molar-refractivity contribution is 7.91. The molecule has 2 fully saturated rings. The molecular formula is C12H20N2O4S. The van der Waals surface area contributed by atoms with Gasteiger partial charge in [0.25, 0.3) is 0 Å². The third kappa shape index (κ3) is 2.24. The van der Waals surface area contributed by atoms with E-state index in [-0.39, 0.29) is 23.3 Å². The first-order valence-corrected chi connectivity index (χ1v) is 8.17. The molecule has 2 rings (SSSR count). The molecule has 0 spiro atoms. The van der Waals surface area contributed by atoms with E-state index in [1.54, 1.807) is 27.7 Å². The minimum atomic E-state index is -3.13. The zero-order chi connectivity index (χ0) is 14.6. The van der Waals surface area contributed by atoms with E-state index < -0.39 is 27.0 Å². The number of nitrogens with zero attached hydrogens (tertiary/aromatic N) is 1. The van der Waals surface area contributed by atoms with Crippen LogP contribution in [0, 0.1) is 0 Å². The van der Waals surface area contributed by atoms with E-state index in [0.717, 1.165) is 0 Å². The summed E-state index contributed by atoms with van der Waals surface area (Å²) in [7, 11) is -3.13. The molecule has 0 saturated carbocycles. The number of carbonyl (C=O) groups is 2. The number of rotatable bonds is 1. The van der Waals surface area contributed by atoms with Gasteiger partial charge in [0.2, 0.25) is 11.8 Å². The summed E-state index contributed by atoms with van der Waals surface area (Å²) in [5, 5.41) is 2.67. The van der Waals surface area contributed by atoms with Gasteiger partial charge in [0.1, 0.15) is 11.6 Å². The lowest BCUT2D eigenvalue weighted by molar-refractivity contribution is -0.159. The van der Waals surface area contributed by atoms with Gasteiger partial charge in [-0.05, 0) is 34.1 Å². The van der Waals surface area contributed by atoms with Crippen molar-refractivity contribution in [3.63, 3.8) is 0 Å². The largest absolute Gasteiger partial charge is 0.340 e. The van der Waals surface area contributed by atoms with E-state index in [1.807, 2.05) is 0 Å². The summed E-state index contributed by atoms with van der Waals surface area (Å²) in [5.41, 5.74) is -1.77. The summed E-state index contributed by atoms with van der Waals surface area (Å²) in [6.45, 7) is 6.66. The Balaban J connectivity index is 2.42. The van der Waals surface area contributed by atoms with Gasteiger partial charge in [0.05, 0.1) is 17.0 Å². The topological polar surface area (TPSA) is 83.6 Å². The molecule has 0 aliphatic carbocycles. The van der Waals surface area contributed by atoms with Gasteiger partial charge < -0.3 is 10.2 Å². The smallest absolute Gasteiger partial charge is 0.248 e. The lowest BCUT2D eigenvalue weighted by Gasteiger charge is -2.48. The lowest BCUT2D eigenvalue weighted by Crippen LogP contribution is -2.72. The van der Waals surface area contributed by atoms with Gasteiger partial charge >= 0.3 is 0 Å². The van der Waals surface area contributed by atoms with Gasteiger partial charge in [-0.2, -0.15) is 0 Å². The molecule has 108 valence electrons. The van der Waals surface area contributed by atoms with Gasteiger partial charge in [0, 0.05) is 0 Å². The van der Waals surface area contributed by atoms with Crippen LogP contribution in [0.15, 0.2) is 0 Å². The van der Waals surface area contributed by atoms with Crippen molar-refractivity contribution in [3.8, 4) is 0 Å². The molecule has 0 aromatic heterocycles. The highest BCUT2D eigenvalue weighted by atomic mass is 32.2. The summed E-state index contributed by atoms with van der Waals surface area (Å²) in [6, 6.07) is -0.640. The molecular weight excluding hydrogens is 268 g/mol. The number of nitrogens with one attached hydrogen (secondary N) is 1. The molecule has 2 atom stereocenters. The Morgan fingerprint density at radius 1 is 1.26 bits per heavy atom. The van der Waals surface area contributed by atoms with Gasteiger partial charge in [0.15, 0.2) is 9.84 Å². The van der Waals surface area contributed by atoms with Gasteiger partial charge in [-0.3, -0.25) is 9.59 Å². The van der Waals surface area contributed by atoms with Crippen LogP contribution >= 0.6 is 0 Å². The second-order valence-corrected chi connectivity index (χ2v) is 8.49. The van der Waals surface area contributed by atoms with Crippen molar-refractivity contribution < 1.29 is 18.0 Å². The van der Waals surface area contributed by atoms with E-state index in [2.05, 4.69) is 5.32 Å². The second-order valence-electron chi connectivity index (χ2n) is 6.30. The Morgan fingerprint density at radius 3 is 2.32 bits per heavy atom. The zero-order valence-corrected chi connectivity index (χ0v) is 12.5. The third-order valence-corrected chi connectivity index (χ3v) is 5.91. The van der Waals surface area contributed by atoms with Crippen molar-refractivity contribution in [2.75, 3.05) is 11.5 Å². The highest BCUT2D eigenvalue weighted by Crippen LogP contribution is 2.34. The summed E-state index contributed by atoms with van der Waals surface area (Å²) >= 11 is 0. The molecule has 2 unspecified atom stereocenters. The predicted octanol–water partition coefficient (Wildman–Crippen LogP) is -0.311. The van der Waals surface area contributed by atoms with Crippen molar-refractivity contribution in [3.05, 3.63) is 0 Å². The van der Waals surface area contributed by atoms with Gasteiger partial charge in [-0.1, -0.05) is 0 Å². The Morgan fingerprint density at radius 2 is 1.84 bits per heavy atom. The molecule has 2 amide bonds. The second kappa shape index (κ2) is 3.94. The molecule has 2 saturated heterocycles. The minimum absolute atomic E-state index is 0.0700. The van der Waals surface area contributed by atoms with Crippen molar-refractivity contribution >= 4 is 21.7 Å². The molecule has 2 aliphatic rings. The number of hydrogen-bond donors (Lipinski definition) is 1. The van der Waals surface area contributed by atoms with Crippen LogP contribution in [0.25, 0.3) is 0 Å². The summed E-state index contributed by atoms with van der Waals surface area (Å²) < 4.78 is 23.4. The van der Waals surface area contributed by atoms with E-state index in [1.165, 1.54) is 4.90 Å². The first-order valence-electron chi connectivity index (χ1n) is 6.35. The average molecular weight is 288 g/mol. The van der Waals surface area contributed by atoms with Crippen LogP contribution in [-0.4, -0.2) is 53.8 Å². The first kappa shape index (κ1) is 14.3. The van der Waals surface area contributed by atoms with Crippen molar-refractivity contribution in [1.82, 2.24) is 10.2 Å². The highest BCUT2D eigenvalue weighted by Gasteiger charge is 2.53. The number of piperazine rings is 1. The third-order valence-electron chi connectivity index (χ3n) is 4.02. The normalized spacial score (nSPS) is 37.3. The Hall–Kier alpha value is -1.11. The first-order chi connectivity index (χ1) is 8.49. The van der Waals surface area contributed by atoms with E-state index >= 15 is 0 Å². The fraction of sp³-hybridized carbons (Fsp3) is 0.833. The number of hydrogen-bond acceptors (Lipinski definition) is 4. The van der Waals surface area contributed by atoms with Crippen LogP contribution in [0.1, 0.15) is 34.1 Å². The maximum atomic E-state index is 12.5. The standard InChI is InChI=1S/C12H20N2O4S/c1-8-9(15)13-11(2,3)10(16)14(8)12(4)5-6-19(17,18)7-12/h8H,5-7H2,1-4H3,(H,13,15).